The van der Waals surface area contributed by atoms with Crippen molar-refractivity contribution in [3.05, 3.63) is 255 Å². The Morgan fingerprint density at radius 3 is 0.970 bits per heavy atom. The fourth-order valence-electron chi connectivity index (χ4n) is 10.3. The zero-order valence-electron chi connectivity index (χ0n) is 36.7. The van der Waals surface area contributed by atoms with E-state index in [-0.39, 0.29) is 0 Å². The minimum absolute atomic E-state index is 1.20. The Bertz CT molecular complexity index is 3980. The fourth-order valence-corrected chi connectivity index (χ4v) is 11.5. The number of rotatable bonds is 7. The standard InChI is InChI=1S/C66H42S/c1-2-22-59-57(20-1)58-21-3-4-23-60(58)64-42-54(36-37-61(59)64)53-18-9-14-49(40-53)45-30-28-43(29-31-45)47-12-7-16-51(38-47)52-17-8-13-48(39-52)44-32-34-46(35-33-44)50-15-10-19-55(41-50)56-25-11-26-63-62-24-5-6-27-65(62)67-66(56)63/h1-42H. The number of fused-ring (bicyclic) bond motifs is 9. The number of benzene rings is 12. The van der Waals surface area contributed by atoms with Crippen molar-refractivity contribution in [3.63, 3.8) is 0 Å². The van der Waals surface area contributed by atoms with E-state index in [0.717, 1.165) is 0 Å². The largest absolute Gasteiger partial charge is 0.135 e. The van der Waals surface area contributed by atoms with Gasteiger partial charge in [-0.3, -0.25) is 0 Å². The first-order valence-electron chi connectivity index (χ1n) is 23.1. The molecule has 1 heteroatoms. The zero-order valence-corrected chi connectivity index (χ0v) is 37.5. The minimum Gasteiger partial charge on any atom is -0.135 e. The lowest BCUT2D eigenvalue weighted by Gasteiger charge is -2.13. The van der Waals surface area contributed by atoms with E-state index >= 15 is 0 Å². The molecule has 312 valence electrons. The SMILES string of the molecule is c1cc(-c2ccc(-c3cccc(-c4ccc5c6ccccc6c6ccccc6c5c4)c3)cc2)cc(-c2cccc(-c3ccc(-c4cccc(-c5cccc6c5sc5ccccc56)c4)cc3)c2)c1. The molecule has 0 aliphatic rings. The van der Waals surface area contributed by atoms with E-state index < -0.39 is 0 Å². The van der Waals surface area contributed by atoms with E-state index in [2.05, 4.69) is 255 Å². The van der Waals surface area contributed by atoms with Crippen LogP contribution in [0.15, 0.2) is 255 Å². The maximum Gasteiger partial charge on any atom is 0.0433 e. The Labute approximate surface area is 394 Å². The summed E-state index contributed by atoms with van der Waals surface area (Å²) in [7, 11) is 0. The topological polar surface area (TPSA) is 0 Å². The molecule has 1 aromatic heterocycles. The highest BCUT2D eigenvalue weighted by molar-refractivity contribution is 7.26. The quantitative estimate of drug-likeness (QED) is 0.140. The van der Waals surface area contributed by atoms with Gasteiger partial charge in [0, 0.05) is 20.2 Å². The predicted octanol–water partition coefficient (Wildman–Crippen LogP) is 19.2. The van der Waals surface area contributed by atoms with E-state index in [1.165, 1.54) is 130 Å². The summed E-state index contributed by atoms with van der Waals surface area (Å²) in [5, 5.41) is 10.4. The molecule has 0 saturated carbocycles. The first kappa shape index (κ1) is 39.0. The van der Waals surface area contributed by atoms with E-state index in [1.807, 2.05) is 11.3 Å². The van der Waals surface area contributed by atoms with Crippen LogP contribution in [0.25, 0.3) is 130 Å². The average Bonchev–Trinajstić information content (AvgIpc) is 3.80. The van der Waals surface area contributed by atoms with Crippen LogP contribution in [0.1, 0.15) is 0 Å². The van der Waals surface area contributed by atoms with Gasteiger partial charge in [-0.1, -0.05) is 218 Å². The van der Waals surface area contributed by atoms with Gasteiger partial charge in [0.1, 0.15) is 0 Å². The molecular weight excluding hydrogens is 825 g/mol. The highest BCUT2D eigenvalue weighted by Crippen LogP contribution is 2.42. The summed E-state index contributed by atoms with van der Waals surface area (Å²) in [5.41, 5.74) is 17.0. The molecule has 0 aliphatic heterocycles. The molecular formula is C66H42S. The molecule has 1 heterocycles. The van der Waals surface area contributed by atoms with Crippen molar-refractivity contribution in [3.8, 4) is 77.9 Å². The molecule has 0 radical (unpaired) electrons. The van der Waals surface area contributed by atoms with Crippen LogP contribution >= 0.6 is 11.3 Å². The molecule has 0 nitrogen and oxygen atoms in total. The first-order chi connectivity index (χ1) is 33.2. The third-order valence-corrected chi connectivity index (χ3v) is 14.9. The molecule has 0 spiro atoms. The van der Waals surface area contributed by atoms with Gasteiger partial charge in [0.2, 0.25) is 0 Å². The summed E-state index contributed by atoms with van der Waals surface area (Å²) in [6.07, 6.45) is 0. The second kappa shape index (κ2) is 16.3. The van der Waals surface area contributed by atoms with Gasteiger partial charge < -0.3 is 0 Å². The van der Waals surface area contributed by atoms with Crippen molar-refractivity contribution in [2.75, 3.05) is 0 Å². The summed E-state index contributed by atoms with van der Waals surface area (Å²) >= 11 is 1.88. The lowest BCUT2D eigenvalue weighted by molar-refractivity contribution is 1.56. The molecule has 67 heavy (non-hydrogen) atoms. The van der Waals surface area contributed by atoms with Crippen LogP contribution in [0.5, 0.6) is 0 Å². The van der Waals surface area contributed by atoms with Crippen molar-refractivity contribution >= 4 is 63.8 Å². The van der Waals surface area contributed by atoms with Crippen LogP contribution in [0.2, 0.25) is 0 Å². The van der Waals surface area contributed by atoms with Gasteiger partial charge in [-0.25, -0.2) is 0 Å². The highest BCUT2D eigenvalue weighted by Gasteiger charge is 2.13. The van der Waals surface area contributed by atoms with Crippen LogP contribution in [-0.4, -0.2) is 0 Å². The first-order valence-corrected chi connectivity index (χ1v) is 23.9. The lowest BCUT2D eigenvalue weighted by atomic mass is 9.91. The molecule has 0 unspecified atom stereocenters. The molecule has 13 rings (SSSR count). The van der Waals surface area contributed by atoms with Crippen molar-refractivity contribution < 1.29 is 0 Å². The van der Waals surface area contributed by atoms with E-state index in [1.54, 1.807) is 0 Å². The van der Waals surface area contributed by atoms with Gasteiger partial charge in [0.25, 0.3) is 0 Å². The lowest BCUT2D eigenvalue weighted by Crippen LogP contribution is -1.86. The Morgan fingerprint density at radius 1 is 0.179 bits per heavy atom. The number of hydrogen-bond acceptors (Lipinski definition) is 1. The zero-order chi connectivity index (χ0) is 44.3. The summed E-state index contributed by atoms with van der Waals surface area (Å²) in [6.45, 7) is 0. The summed E-state index contributed by atoms with van der Waals surface area (Å²) < 4.78 is 2.68. The smallest absolute Gasteiger partial charge is 0.0433 e. The van der Waals surface area contributed by atoms with Crippen LogP contribution in [0.4, 0.5) is 0 Å². The molecule has 0 bridgehead atoms. The van der Waals surface area contributed by atoms with E-state index in [9.17, 15) is 0 Å². The summed E-state index contributed by atoms with van der Waals surface area (Å²) in [6, 6.07) is 93.8. The molecule has 12 aromatic carbocycles. The molecule has 0 aliphatic carbocycles. The maximum absolute atomic E-state index is 2.38. The molecule has 0 N–H and O–H groups in total. The van der Waals surface area contributed by atoms with Gasteiger partial charge in [-0.05, 0) is 147 Å². The molecule has 0 atom stereocenters. The second-order valence-electron chi connectivity index (χ2n) is 17.6. The van der Waals surface area contributed by atoms with Crippen LogP contribution in [-0.2, 0) is 0 Å². The minimum atomic E-state index is 1.20. The van der Waals surface area contributed by atoms with Gasteiger partial charge in [-0.2, -0.15) is 0 Å². The third kappa shape index (κ3) is 7.00. The Kier molecular flexibility index (Phi) is 9.48. The van der Waals surface area contributed by atoms with Crippen LogP contribution in [0, 0.1) is 0 Å². The Balaban J connectivity index is 0.745. The Hall–Kier alpha value is -8.36. The van der Waals surface area contributed by atoms with Gasteiger partial charge >= 0.3 is 0 Å². The van der Waals surface area contributed by atoms with Crippen LogP contribution in [0.3, 0.4) is 0 Å². The highest BCUT2D eigenvalue weighted by atomic mass is 32.1. The van der Waals surface area contributed by atoms with Crippen LogP contribution < -0.4 is 0 Å². The number of thiophene rings is 1. The van der Waals surface area contributed by atoms with Crippen molar-refractivity contribution in [2.24, 2.45) is 0 Å². The maximum atomic E-state index is 2.38. The summed E-state index contributed by atoms with van der Waals surface area (Å²) in [4.78, 5) is 0. The van der Waals surface area contributed by atoms with E-state index in [4.69, 9.17) is 0 Å². The predicted molar refractivity (Wildman–Crippen MR) is 290 cm³/mol. The van der Waals surface area contributed by atoms with Crippen molar-refractivity contribution in [1.82, 2.24) is 0 Å². The van der Waals surface area contributed by atoms with Gasteiger partial charge in [0.15, 0.2) is 0 Å². The van der Waals surface area contributed by atoms with Crippen molar-refractivity contribution in [2.45, 2.75) is 0 Å². The molecule has 13 aromatic rings. The molecule has 0 fully saturated rings. The normalized spacial score (nSPS) is 11.6. The third-order valence-electron chi connectivity index (χ3n) is 13.7. The van der Waals surface area contributed by atoms with Gasteiger partial charge in [0.05, 0.1) is 0 Å². The number of hydrogen-bond donors (Lipinski definition) is 0. The summed E-state index contributed by atoms with van der Waals surface area (Å²) in [5.74, 6) is 0. The average molecular weight is 867 g/mol. The Morgan fingerprint density at radius 2 is 0.493 bits per heavy atom. The van der Waals surface area contributed by atoms with Crippen molar-refractivity contribution in [1.29, 1.82) is 0 Å². The monoisotopic (exact) mass is 866 g/mol. The second-order valence-corrected chi connectivity index (χ2v) is 18.7. The molecule has 0 amide bonds. The van der Waals surface area contributed by atoms with Gasteiger partial charge in [-0.15, -0.1) is 11.3 Å². The van der Waals surface area contributed by atoms with E-state index in [0.29, 0.717) is 0 Å². The molecule has 0 saturated heterocycles. The fraction of sp³-hybridized carbons (Fsp3) is 0.